The van der Waals surface area contributed by atoms with Crippen LogP contribution in [0.25, 0.3) is 0 Å². The molecule has 1 fully saturated rings. The number of amides is 1. The van der Waals surface area contributed by atoms with Crippen molar-refractivity contribution in [2.24, 2.45) is 10.8 Å². The molecule has 5 N–H and O–H groups in total. The number of alkyl halides is 3. The van der Waals surface area contributed by atoms with Crippen LogP contribution in [0.2, 0.25) is 0 Å². The molecule has 1 aromatic carbocycles. The number of carbonyl (C=O) groups excluding carboxylic acids is 1. The number of ether oxygens (including phenoxy) is 1. The molecule has 2 heterocycles. The highest BCUT2D eigenvalue weighted by Crippen LogP contribution is 2.32. The summed E-state index contributed by atoms with van der Waals surface area (Å²) in [7, 11) is 0. The van der Waals surface area contributed by atoms with Gasteiger partial charge in [0.2, 0.25) is 11.5 Å². The lowest BCUT2D eigenvalue weighted by Gasteiger charge is -2.31. The lowest BCUT2D eigenvalue weighted by Crippen LogP contribution is -2.31. The highest BCUT2D eigenvalue weighted by Gasteiger charge is 2.31. The number of primary amides is 1. The van der Waals surface area contributed by atoms with E-state index in [0.717, 1.165) is 30.9 Å². The van der Waals surface area contributed by atoms with E-state index >= 15 is 0 Å². The quantitative estimate of drug-likeness (QED) is 0.221. The molecule has 0 unspecified atom stereocenters. The average Bonchev–Trinajstić information content (AvgIpc) is 3.33. The number of rotatable bonds is 7. The van der Waals surface area contributed by atoms with Gasteiger partial charge in [-0.05, 0) is 43.0 Å². The molecule has 0 bridgehead atoms. The zero-order valence-electron chi connectivity index (χ0n) is 21.5. The summed E-state index contributed by atoms with van der Waals surface area (Å²) in [5.41, 5.74) is 17.9. The fourth-order valence-corrected chi connectivity index (χ4v) is 3.99. The van der Waals surface area contributed by atoms with Crippen molar-refractivity contribution in [1.29, 1.82) is 5.53 Å². The van der Waals surface area contributed by atoms with Crippen molar-refractivity contribution in [2.75, 3.05) is 18.8 Å². The number of hydrogen-bond acceptors (Lipinski definition) is 9. The predicted octanol–water partition coefficient (Wildman–Crippen LogP) is 6.02. The molecule has 1 aliphatic rings. The minimum absolute atomic E-state index is 0.245. The second-order valence-electron chi connectivity index (χ2n) is 6.84. The summed E-state index contributed by atoms with van der Waals surface area (Å²) in [5.74, 6) is 0.603. The van der Waals surface area contributed by atoms with Gasteiger partial charge in [0, 0.05) is 19.0 Å². The maximum Gasteiger partial charge on any atom is 0.573 e. The summed E-state index contributed by atoms with van der Waals surface area (Å²) in [6, 6.07) is 5.85. The SMILES string of the molecule is CC.CC.N=N/C(=C\C=C\Cc1cccc(OC(F)(F)F)c1)N1CCC(c2nnc(N)s2)CC1.NC=O. The number of nitrogens with two attached hydrogens (primary N) is 2. The van der Waals surface area contributed by atoms with Gasteiger partial charge in [-0.1, -0.05) is 63.3 Å². The molecule has 1 amide bonds. The van der Waals surface area contributed by atoms with Crippen molar-refractivity contribution in [1.82, 2.24) is 15.1 Å². The second kappa shape index (κ2) is 18.7. The van der Waals surface area contributed by atoms with Gasteiger partial charge in [-0.3, -0.25) is 4.79 Å². The Hall–Kier alpha value is -3.48. The van der Waals surface area contributed by atoms with Crippen LogP contribution in [0.3, 0.4) is 0 Å². The van der Waals surface area contributed by atoms with Gasteiger partial charge in [-0.15, -0.1) is 28.5 Å². The van der Waals surface area contributed by atoms with E-state index in [1.54, 1.807) is 24.3 Å². The molecule has 206 valence electrons. The number of nitrogens with one attached hydrogen (secondary N) is 1. The maximum atomic E-state index is 12.3. The monoisotopic (exact) mass is 543 g/mol. The minimum Gasteiger partial charge on any atom is -0.406 e. The van der Waals surface area contributed by atoms with Crippen LogP contribution < -0.4 is 16.2 Å². The third-order valence-corrected chi connectivity index (χ3v) is 5.52. The molecule has 1 aliphatic heterocycles. The van der Waals surface area contributed by atoms with Gasteiger partial charge in [0.15, 0.2) is 0 Å². The van der Waals surface area contributed by atoms with Crippen molar-refractivity contribution in [3.8, 4) is 5.75 Å². The summed E-state index contributed by atoms with van der Waals surface area (Å²) in [6.07, 6.45) is 2.99. The first-order chi connectivity index (χ1) is 17.8. The van der Waals surface area contributed by atoms with Crippen molar-refractivity contribution in [3.05, 3.63) is 58.9 Å². The standard InChI is InChI=1S/C19H21F3N6OS.2C2H6.CH3NO/c20-19(21,22)29-15-6-3-5-13(12-15)4-1-2-7-16(25-24)28-10-8-14(9-11-28)17-26-27-18(23)30-17;2*1-2;2-1-3/h1-3,5-7,12,14,24H,4,8-11H2,(H2,23,27);2*1-2H3;1H,(H2,2,3)/b2-1+,16-7+,25-24?;;;. The second-order valence-corrected chi connectivity index (χ2v) is 7.88. The Balaban J connectivity index is 0.00000169. The molecule has 0 saturated carbocycles. The summed E-state index contributed by atoms with van der Waals surface area (Å²) in [4.78, 5) is 10.6. The number of hydrogen-bond donors (Lipinski definition) is 3. The summed E-state index contributed by atoms with van der Waals surface area (Å²) in [5, 5.41) is 13.0. The van der Waals surface area contributed by atoms with E-state index < -0.39 is 6.36 Å². The number of halogens is 3. The molecular formula is C24H36F3N7O2S. The number of allylic oxidation sites excluding steroid dienone is 3. The predicted molar refractivity (Wildman–Crippen MR) is 140 cm³/mol. The number of nitrogens with zero attached hydrogens (tertiary/aromatic N) is 4. The Labute approximate surface area is 219 Å². The van der Waals surface area contributed by atoms with Gasteiger partial charge >= 0.3 is 6.36 Å². The van der Waals surface area contributed by atoms with Crippen LogP contribution >= 0.6 is 11.3 Å². The van der Waals surface area contributed by atoms with E-state index in [1.165, 1.54) is 29.5 Å². The zero-order chi connectivity index (χ0) is 28.3. The first-order valence-corrected chi connectivity index (χ1v) is 12.7. The maximum absolute atomic E-state index is 12.3. The summed E-state index contributed by atoms with van der Waals surface area (Å²) >= 11 is 1.41. The molecule has 0 spiro atoms. The Kier molecular flexibility index (Phi) is 17.0. The molecule has 0 atom stereocenters. The Morgan fingerprint density at radius 3 is 2.38 bits per heavy atom. The van der Waals surface area contributed by atoms with Crippen LogP contribution in [-0.4, -0.2) is 41.0 Å². The number of aromatic nitrogens is 2. The van der Waals surface area contributed by atoms with Gasteiger partial charge in [0.25, 0.3) is 0 Å². The molecule has 1 saturated heterocycles. The third kappa shape index (κ3) is 13.4. The van der Waals surface area contributed by atoms with E-state index in [-0.39, 0.29) is 12.2 Å². The van der Waals surface area contributed by atoms with Crippen LogP contribution in [0.15, 0.2) is 53.4 Å². The van der Waals surface area contributed by atoms with E-state index in [2.05, 4.69) is 25.8 Å². The van der Waals surface area contributed by atoms with Crippen LogP contribution in [0.4, 0.5) is 18.3 Å². The number of likely N-dealkylation sites (tertiary alicyclic amines) is 1. The van der Waals surface area contributed by atoms with Crippen molar-refractivity contribution in [2.45, 2.75) is 59.2 Å². The third-order valence-electron chi connectivity index (χ3n) is 4.61. The number of carbonyl (C=O) groups is 1. The first-order valence-electron chi connectivity index (χ1n) is 11.8. The normalized spacial score (nSPS) is 13.8. The van der Waals surface area contributed by atoms with Crippen molar-refractivity contribution >= 4 is 22.9 Å². The molecule has 1 aromatic heterocycles. The topological polar surface area (TPSA) is 144 Å². The molecule has 0 radical (unpaired) electrons. The van der Waals surface area contributed by atoms with Gasteiger partial charge < -0.3 is 21.1 Å². The van der Waals surface area contributed by atoms with Crippen LogP contribution in [-0.2, 0) is 11.2 Å². The van der Waals surface area contributed by atoms with Crippen LogP contribution in [0, 0.1) is 5.53 Å². The lowest BCUT2D eigenvalue weighted by molar-refractivity contribution is -0.274. The van der Waals surface area contributed by atoms with Gasteiger partial charge in [-0.2, -0.15) is 0 Å². The number of benzene rings is 1. The zero-order valence-corrected chi connectivity index (χ0v) is 22.4. The number of nitrogen functional groups attached to an aromatic ring is 1. The fourth-order valence-electron chi connectivity index (χ4n) is 3.21. The lowest BCUT2D eigenvalue weighted by atomic mass is 9.98. The van der Waals surface area contributed by atoms with E-state index in [9.17, 15) is 13.2 Å². The van der Waals surface area contributed by atoms with Crippen molar-refractivity contribution < 1.29 is 22.7 Å². The molecule has 0 aliphatic carbocycles. The minimum atomic E-state index is -4.71. The van der Waals surface area contributed by atoms with Crippen LogP contribution in [0.5, 0.6) is 5.75 Å². The van der Waals surface area contributed by atoms with Crippen molar-refractivity contribution in [3.63, 3.8) is 0 Å². The number of anilines is 1. The largest absolute Gasteiger partial charge is 0.573 e. The fraction of sp³-hybridized carbons (Fsp3) is 0.458. The smallest absolute Gasteiger partial charge is 0.406 e. The Morgan fingerprint density at radius 2 is 1.86 bits per heavy atom. The summed E-state index contributed by atoms with van der Waals surface area (Å²) < 4.78 is 40.9. The van der Waals surface area contributed by atoms with Gasteiger partial charge in [0.1, 0.15) is 16.6 Å². The molecule has 3 rings (SSSR count). The number of piperidine rings is 1. The average molecular weight is 544 g/mol. The van der Waals surface area contributed by atoms with Crippen LogP contribution in [0.1, 0.15) is 57.0 Å². The summed E-state index contributed by atoms with van der Waals surface area (Å²) in [6.45, 7) is 9.48. The Morgan fingerprint density at radius 1 is 1.24 bits per heavy atom. The first kappa shape index (κ1) is 33.5. The van der Waals surface area contributed by atoms with E-state index in [0.29, 0.717) is 28.9 Å². The van der Waals surface area contributed by atoms with E-state index in [1.807, 2.05) is 32.6 Å². The molecular weight excluding hydrogens is 507 g/mol. The van der Waals surface area contributed by atoms with E-state index in [4.69, 9.17) is 16.1 Å². The molecule has 37 heavy (non-hydrogen) atoms. The highest BCUT2D eigenvalue weighted by atomic mass is 32.1. The molecule has 2 aromatic rings. The molecule has 9 nitrogen and oxygen atoms in total. The molecule has 13 heteroatoms. The van der Waals surface area contributed by atoms with Gasteiger partial charge in [0.05, 0.1) is 0 Å². The van der Waals surface area contributed by atoms with Gasteiger partial charge in [-0.25, -0.2) is 5.53 Å². The highest BCUT2D eigenvalue weighted by molar-refractivity contribution is 7.15. The Bertz CT molecular complexity index is 973.